The molecule has 2 aromatic heterocycles. The lowest BCUT2D eigenvalue weighted by Crippen LogP contribution is -2.29. The second-order valence-corrected chi connectivity index (χ2v) is 4.62. The average Bonchev–Trinajstić information content (AvgIpc) is 3.04. The first-order valence-corrected chi connectivity index (χ1v) is 6.83. The number of pyridine rings is 1. The van der Waals surface area contributed by atoms with Gasteiger partial charge in [0.1, 0.15) is 6.33 Å². The van der Waals surface area contributed by atoms with Crippen molar-refractivity contribution < 1.29 is 9.18 Å². The molecule has 116 valence electrons. The molecule has 2 heterocycles. The maximum Gasteiger partial charge on any atom is 0.319 e. The first kappa shape index (κ1) is 14.6. The smallest absolute Gasteiger partial charge is 0.319 e. The number of carbonyl (C=O) groups excluding carboxylic acids is 1. The number of halogens is 1. The third-order valence-corrected chi connectivity index (χ3v) is 3.08. The molecular formula is C15H13FN6O. The Balaban J connectivity index is 1.64. The van der Waals surface area contributed by atoms with E-state index in [1.165, 1.54) is 12.3 Å². The van der Waals surface area contributed by atoms with Crippen LogP contribution in [-0.2, 0) is 6.54 Å². The normalized spacial score (nSPS) is 10.3. The van der Waals surface area contributed by atoms with Gasteiger partial charge in [0.25, 0.3) is 0 Å². The standard InChI is InChI=1S/C15H13FN6O/c16-12-8-17-7-6-13(12)20-15(23)18-9-14-21-19-10-22(14)11-4-2-1-3-5-11/h1-8,10H,9H2,(H2,17,18,20,23). The second kappa shape index (κ2) is 6.65. The van der Waals surface area contributed by atoms with Crippen LogP contribution in [0.5, 0.6) is 0 Å². The van der Waals surface area contributed by atoms with Gasteiger partial charge in [0.2, 0.25) is 0 Å². The van der Waals surface area contributed by atoms with Crippen molar-refractivity contribution in [2.24, 2.45) is 0 Å². The molecule has 3 rings (SSSR count). The van der Waals surface area contributed by atoms with Crippen LogP contribution >= 0.6 is 0 Å². The predicted molar refractivity (Wildman–Crippen MR) is 81.4 cm³/mol. The number of nitrogens with zero attached hydrogens (tertiary/aromatic N) is 4. The highest BCUT2D eigenvalue weighted by molar-refractivity contribution is 5.89. The number of urea groups is 1. The molecule has 0 atom stereocenters. The number of anilines is 1. The van der Waals surface area contributed by atoms with E-state index in [-0.39, 0.29) is 12.2 Å². The average molecular weight is 312 g/mol. The number of amides is 2. The van der Waals surface area contributed by atoms with Crippen LogP contribution in [0, 0.1) is 5.82 Å². The lowest BCUT2D eigenvalue weighted by Gasteiger charge is -2.09. The number of nitrogens with one attached hydrogen (secondary N) is 2. The van der Waals surface area contributed by atoms with Crippen LogP contribution in [0.15, 0.2) is 55.1 Å². The molecule has 3 aromatic rings. The molecule has 0 aliphatic carbocycles. The van der Waals surface area contributed by atoms with Crippen LogP contribution in [-0.4, -0.2) is 25.8 Å². The van der Waals surface area contributed by atoms with Gasteiger partial charge < -0.3 is 10.6 Å². The van der Waals surface area contributed by atoms with Crippen molar-refractivity contribution in [3.8, 4) is 5.69 Å². The fourth-order valence-corrected chi connectivity index (χ4v) is 1.99. The van der Waals surface area contributed by atoms with Crippen LogP contribution < -0.4 is 10.6 Å². The largest absolute Gasteiger partial charge is 0.331 e. The van der Waals surface area contributed by atoms with Gasteiger partial charge in [-0.15, -0.1) is 10.2 Å². The number of carbonyl (C=O) groups is 1. The summed E-state index contributed by atoms with van der Waals surface area (Å²) in [5, 5.41) is 12.8. The summed E-state index contributed by atoms with van der Waals surface area (Å²) in [5.41, 5.74) is 0.942. The number of aromatic nitrogens is 4. The molecule has 0 aliphatic heterocycles. The molecule has 0 fully saturated rings. The van der Waals surface area contributed by atoms with Crippen molar-refractivity contribution in [2.75, 3.05) is 5.32 Å². The van der Waals surface area contributed by atoms with E-state index in [1.807, 2.05) is 30.3 Å². The van der Waals surface area contributed by atoms with Crippen LogP contribution in [0.2, 0.25) is 0 Å². The van der Waals surface area contributed by atoms with E-state index in [2.05, 4.69) is 25.8 Å². The molecule has 0 spiro atoms. The molecule has 8 heteroatoms. The summed E-state index contributed by atoms with van der Waals surface area (Å²) < 4.78 is 15.2. The molecule has 0 radical (unpaired) electrons. The SMILES string of the molecule is O=C(NCc1nncn1-c1ccccc1)Nc1ccncc1F. The van der Waals surface area contributed by atoms with Gasteiger partial charge in [-0.25, -0.2) is 9.18 Å². The molecule has 0 saturated heterocycles. The fourth-order valence-electron chi connectivity index (χ4n) is 1.99. The highest BCUT2D eigenvalue weighted by atomic mass is 19.1. The summed E-state index contributed by atoms with van der Waals surface area (Å²) in [6.45, 7) is 0.146. The van der Waals surface area contributed by atoms with Crippen molar-refractivity contribution in [2.45, 2.75) is 6.54 Å². The summed E-state index contributed by atoms with van der Waals surface area (Å²) in [5.74, 6) is -0.0448. The number of benzene rings is 1. The Morgan fingerprint density at radius 2 is 2.04 bits per heavy atom. The summed E-state index contributed by atoms with van der Waals surface area (Å²) in [4.78, 5) is 15.5. The van der Waals surface area contributed by atoms with E-state index < -0.39 is 11.8 Å². The Morgan fingerprint density at radius 1 is 1.22 bits per heavy atom. The third kappa shape index (κ3) is 3.49. The molecule has 1 aromatic carbocycles. The summed E-state index contributed by atoms with van der Waals surface area (Å²) >= 11 is 0. The molecule has 0 bridgehead atoms. The monoisotopic (exact) mass is 312 g/mol. The van der Waals surface area contributed by atoms with Gasteiger partial charge in [0.15, 0.2) is 11.6 Å². The molecule has 23 heavy (non-hydrogen) atoms. The Hall–Kier alpha value is -3.29. The van der Waals surface area contributed by atoms with Gasteiger partial charge >= 0.3 is 6.03 Å². The molecule has 7 nitrogen and oxygen atoms in total. The van der Waals surface area contributed by atoms with Crippen LogP contribution in [0.3, 0.4) is 0 Å². The summed E-state index contributed by atoms with van der Waals surface area (Å²) in [7, 11) is 0. The van der Waals surface area contributed by atoms with Crippen molar-refractivity contribution in [1.29, 1.82) is 0 Å². The van der Waals surface area contributed by atoms with Crippen molar-refractivity contribution >= 4 is 11.7 Å². The van der Waals surface area contributed by atoms with E-state index >= 15 is 0 Å². The molecule has 0 unspecified atom stereocenters. The van der Waals surface area contributed by atoms with E-state index in [4.69, 9.17) is 0 Å². The third-order valence-electron chi connectivity index (χ3n) is 3.08. The Labute approximate surface area is 131 Å². The molecular weight excluding hydrogens is 299 g/mol. The Bertz CT molecular complexity index is 804. The highest BCUT2D eigenvalue weighted by Crippen LogP contribution is 2.11. The molecule has 0 aliphatic rings. The van der Waals surface area contributed by atoms with E-state index in [9.17, 15) is 9.18 Å². The number of hydrogen-bond donors (Lipinski definition) is 2. The van der Waals surface area contributed by atoms with Gasteiger partial charge in [-0.3, -0.25) is 9.55 Å². The number of rotatable bonds is 4. The highest BCUT2D eigenvalue weighted by Gasteiger charge is 2.09. The van der Waals surface area contributed by atoms with Gasteiger partial charge in [0, 0.05) is 11.9 Å². The first-order chi connectivity index (χ1) is 11.2. The van der Waals surface area contributed by atoms with E-state index in [0.29, 0.717) is 5.82 Å². The maximum absolute atomic E-state index is 13.4. The number of hydrogen-bond acceptors (Lipinski definition) is 4. The van der Waals surface area contributed by atoms with Gasteiger partial charge in [-0.2, -0.15) is 0 Å². The first-order valence-electron chi connectivity index (χ1n) is 6.83. The zero-order valence-electron chi connectivity index (χ0n) is 12.0. The van der Waals surface area contributed by atoms with Crippen molar-refractivity contribution in [3.05, 3.63) is 66.8 Å². The van der Waals surface area contributed by atoms with Gasteiger partial charge in [-0.1, -0.05) is 18.2 Å². The van der Waals surface area contributed by atoms with Gasteiger partial charge in [0.05, 0.1) is 18.4 Å². The number of para-hydroxylation sites is 1. The maximum atomic E-state index is 13.4. The van der Waals surface area contributed by atoms with Crippen LogP contribution in [0.1, 0.15) is 5.82 Å². The topological polar surface area (TPSA) is 84.7 Å². The minimum atomic E-state index is -0.602. The van der Waals surface area contributed by atoms with Gasteiger partial charge in [-0.05, 0) is 18.2 Å². The molecule has 0 saturated carbocycles. The van der Waals surface area contributed by atoms with Crippen LogP contribution in [0.4, 0.5) is 14.9 Å². The minimum Gasteiger partial charge on any atom is -0.331 e. The summed E-state index contributed by atoms with van der Waals surface area (Å²) in [6.07, 6.45) is 3.99. The lowest BCUT2D eigenvalue weighted by molar-refractivity contribution is 0.251. The minimum absolute atomic E-state index is 0.0574. The molecule has 2 amide bonds. The Kier molecular flexibility index (Phi) is 4.23. The Morgan fingerprint density at radius 3 is 2.83 bits per heavy atom. The summed E-state index contributed by atoms with van der Waals surface area (Å²) in [6, 6.07) is 10.3. The van der Waals surface area contributed by atoms with E-state index in [1.54, 1.807) is 10.9 Å². The zero-order chi connectivity index (χ0) is 16.1. The second-order valence-electron chi connectivity index (χ2n) is 4.62. The lowest BCUT2D eigenvalue weighted by atomic mass is 10.3. The van der Waals surface area contributed by atoms with Crippen LogP contribution in [0.25, 0.3) is 5.69 Å². The fraction of sp³-hybridized carbons (Fsp3) is 0.0667. The molecule has 2 N–H and O–H groups in total. The zero-order valence-corrected chi connectivity index (χ0v) is 12.0. The van der Waals surface area contributed by atoms with Crippen molar-refractivity contribution in [3.63, 3.8) is 0 Å². The predicted octanol–water partition coefficient (Wildman–Crippen LogP) is 2.12. The van der Waals surface area contributed by atoms with Crippen molar-refractivity contribution in [1.82, 2.24) is 25.1 Å². The van der Waals surface area contributed by atoms with E-state index in [0.717, 1.165) is 11.9 Å². The quantitative estimate of drug-likeness (QED) is 0.773.